The van der Waals surface area contributed by atoms with Crippen molar-refractivity contribution >= 4 is 11.6 Å². The molecule has 0 radical (unpaired) electrons. The summed E-state index contributed by atoms with van der Waals surface area (Å²) in [5.74, 6) is 0.738. The number of rotatable bonds is 4. The van der Waals surface area contributed by atoms with Gasteiger partial charge < -0.3 is 5.11 Å². The molecule has 2 rings (SSSR count). The molecule has 0 bridgehead atoms. The molecule has 15 heavy (non-hydrogen) atoms. The summed E-state index contributed by atoms with van der Waals surface area (Å²) < 4.78 is 0. The van der Waals surface area contributed by atoms with Crippen molar-refractivity contribution in [2.45, 2.75) is 38.2 Å². The molecule has 0 amide bonds. The van der Waals surface area contributed by atoms with E-state index in [9.17, 15) is 5.11 Å². The lowest BCUT2D eigenvalue weighted by Crippen LogP contribution is -2.27. The Balaban J connectivity index is 2.03. The third kappa shape index (κ3) is 3.22. The van der Waals surface area contributed by atoms with E-state index in [4.69, 9.17) is 11.6 Å². The van der Waals surface area contributed by atoms with Crippen LogP contribution >= 0.6 is 11.6 Å². The fourth-order valence-corrected chi connectivity index (χ4v) is 2.27. The zero-order chi connectivity index (χ0) is 10.9. The Morgan fingerprint density at radius 2 is 2.07 bits per heavy atom. The fraction of sp³-hybridized carbons (Fsp3) is 0.538. The molecule has 82 valence electrons. The molecule has 1 aliphatic rings. The molecule has 1 N–H and O–H groups in total. The van der Waals surface area contributed by atoms with Crippen LogP contribution in [-0.4, -0.2) is 10.7 Å². The van der Waals surface area contributed by atoms with E-state index in [2.05, 4.69) is 0 Å². The molecular weight excluding hydrogens is 208 g/mol. The maximum absolute atomic E-state index is 10.2. The van der Waals surface area contributed by atoms with E-state index >= 15 is 0 Å². The van der Waals surface area contributed by atoms with Crippen LogP contribution in [0.3, 0.4) is 0 Å². The van der Waals surface area contributed by atoms with Gasteiger partial charge in [-0.1, -0.05) is 42.6 Å². The van der Waals surface area contributed by atoms with Gasteiger partial charge in [-0.2, -0.15) is 0 Å². The molecule has 1 atom stereocenters. The average molecular weight is 225 g/mol. The van der Waals surface area contributed by atoms with Gasteiger partial charge in [0.2, 0.25) is 0 Å². The number of hydrogen-bond donors (Lipinski definition) is 1. The SMILES string of the molecule is CC(O)(Cc1ccccc1Cl)CC1CC1. The second-order valence-corrected chi connectivity index (χ2v) is 5.32. The molecule has 0 aromatic heterocycles. The molecular formula is C13H17ClO. The fourth-order valence-electron chi connectivity index (χ4n) is 2.07. The maximum Gasteiger partial charge on any atom is 0.0663 e. The van der Waals surface area contributed by atoms with Gasteiger partial charge in [0, 0.05) is 11.4 Å². The first-order chi connectivity index (χ1) is 7.07. The number of hydrogen-bond acceptors (Lipinski definition) is 1. The van der Waals surface area contributed by atoms with Crippen LogP contribution in [0.25, 0.3) is 0 Å². The summed E-state index contributed by atoms with van der Waals surface area (Å²) in [7, 11) is 0. The van der Waals surface area contributed by atoms with E-state index in [1.165, 1.54) is 12.8 Å². The van der Waals surface area contributed by atoms with Crippen molar-refractivity contribution in [2.75, 3.05) is 0 Å². The summed E-state index contributed by atoms with van der Waals surface area (Å²) in [6, 6.07) is 7.75. The van der Waals surface area contributed by atoms with E-state index in [1.54, 1.807) is 0 Å². The highest BCUT2D eigenvalue weighted by atomic mass is 35.5. The van der Waals surface area contributed by atoms with Crippen LogP contribution < -0.4 is 0 Å². The average Bonchev–Trinajstić information content (AvgIpc) is 2.91. The van der Waals surface area contributed by atoms with Gasteiger partial charge in [0.25, 0.3) is 0 Å². The lowest BCUT2D eigenvalue weighted by Gasteiger charge is -2.23. The normalized spacial score (nSPS) is 19.9. The number of halogens is 1. The summed E-state index contributed by atoms with van der Waals surface area (Å²) in [5.41, 5.74) is 0.441. The van der Waals surface area contributed by atoms with Crippen LogP contribution in [0.15, 0.2) is 24.3 Å². The Kier molecular flexibility index (Phi) is 3.03. The molecule has 2 heteroatoms. The van der Waals surface area contributed by atoms with Crippen LogP contribution in [0.5, 0.6) is 0 Å². The summed E-state index contributed by atoms with van der Waals surface area (Å²) in [6.07, 6.45) is 4.11. The van der Waals surface area contributed by atoms with Gasteiger partial charge in [0.15, 0.2) is 0 Å². The lowest BCUT2D eigenvalue weighted by atomic mass is 9.91. The number of aliphatic hydroxyl groups is 1. The monoisotopic (exact) mass is 224 g/mol. The van der Waals surface area contributed by atoms with Crippen molar-refractivity contribution in [1.29, 1.82) is 0 Å². The minimum atomic E-state index is -0.605. The molecule has 1 fully saturated rings. The van der Waals surface area contributed by atoms with Gasteiger partial charge in [-0.05, 0) is 30.9 Å². The Morgan fingerprint density at radius 1 is 1.40 bits per heavy atom. The predicted molar refractivity (Wildman–Crippen MR) is 63.1 cm³/mol. The molecule has 1 saturated carbocycles. The first-order valence-electron chi connectivity index (χ1n) is 5.53. The van der Waals surface area contributed by atoms with Crippen molar-refractivity contribution in [3.63, 3.8) is 0 Å². The van der Waals surface area contributed by atoms with Gasteiger partial charge in [-0.15, -0.1) is 0 Å². The number of benzene rings is 1. The van der Waals surface area contributed by atoms with Crippen LogP contribution in [0.2, 0.25) is 5.02 Å². The van der Waals surface area contributed by atoms with E-state index in [-0.39, 0.29) is 0 Å². The van der Waals surface area contributed by atoms with Crippen molar-refractivity contribution in [2.24, 2.45) is 5.92 Å². The Hall–Kier alpha value is -0.530. The third-order valence-corrected chi connectivity index (χ3v) is 3.32. The topological polar surface area (TPSA) is 20.2 Å². The highest BCUT2D eigenvalue weighted by Crippen LogP contribution is 2.38. The van der Waals surface area contributed by atoms with E-state index < -0.39 is 5.60 Å². The largest absolute Gasteiger partial charge is 0.390 e. The molecule has 0 spiro atoms. The van der Waals surface area contributed by atoms with E-state index in [0.29, 0.717) is 6.42 Å². The molecule has 1 unspecified atom stereocenters. The second-order valence-electron chi connectivity index (χ2n) is 4.91. The van der Waals surface area contributed by atoms with Gasteiger partial charge in [0.05, 0.1) is 5.60 Å². The highest BCUT2D eigenvalue weighted by Gasteiger charge is 2.31. The minimum Gasteiger partial charge on any atom is -0.390 e. The summed E-state index contributed by atoms with van der Waals surface area (Å²) >= 11 is 6.07. The second kappa shape index (κ2) is 4.15. The molecule has 1 aromatic rings. The first kappa shape index (κ1) is 11.0. The zero-order valence-electron chi connectivity index (χ0n) is 9.04. The predicted octanol–water partition coefficient (Wildman–Crippen LogP) is 3.43. The first-order valence-corrected chi connectivity index (χ1v) is 5.90. The summed E-state index contributed by atoms with van der Waals surface area (Å²) in [5, 5.41) is 11.0. The summed E-state index contributed by atoms with van der Waals surface area (Å²) in [6.45, 7) is 1.91. The van der Waals surface area contributed by atoms with Crippen LogP contribution in [-0.2, 0) is 6.42 Å². The van der Waals surface area contributed by atoms with Crippen LogP contribution in [0.4, 0.5) is 0 Å². The van der Waals surface area contributed by atoms with Crippen molar-refractivity contribution in [3.8, 4) is 0 Å². The van der Waals surface area contributed by atoms with E-state index in [1.807, 2.05) is 31.2 Å². The molecule has 0 saturated heterocycles. The smallest absolute Gasteiger partial charge is 0.0663 e. The van der Waals surface area contributed by atoms with Gasteiger partial charge >= 0.3 is 0 Å². The summed E-state index contributed by atoms with van der Waals surface area (Å²) in [4.78, 5) is 0. The molecule has 0 aliphatic heterocycles. The highest BCUT2D eigenvalue weighted by molar-refractivity contribution is 6.31. The molecule has 1 aliphatic carbocycles. The minimum absolute atomic E-state index is 0.605. The zero-order valence-corrected chi connectivity index (χ0v) is 9.80. The van der Waals surface area contributed by atoms with Crippen molar-refractivity contribution in [3.05, 3.63) is 34.9 Å². The van der Waals surface area contributed by atoms with Crippen LogP contribution in [0.1, 0.15) is 31.7 Å². The standard InChI is InChI=1S/C13H17ClO/c1-13(15,8-10-6-7-10)9-11-4-2-3-5-12(11)14/h2-5,10,15H,6-9H2,1H3. The maximum atomic E-state index is 10.2. The van der Waals surface area contributed by atoms with Gasteiger partial charge in [-0.3, -0.25) is 0 Å². The Morgan fingerprint density at radius 3 is 2.67 bits per heavy atom. The lowest BCUT2D eigenvalue weighted by molar-refractivity contribution is 0.0455. The Bertz CT molecular complexity index is 342. The van der Waals surface area contributed by atoms with E-state index in [0.717, 1.165) is 22.9 Å². The van der Waals surface area contributed by atoms with Crippen molar-refractivity contribution in [1.82, 2.24) is 0 Å². The Labute approximate surface area is 96.1 Å². The van der Waals surface area contributed by atoms with Crippen molar-refractivity contribution < 1.29 is 5.11 Å². The van der Waals surface area contributed by atoms with Crippen LogP contribution in [0, 0.1) is 5.92 Å². The third-order valence-electron chi connectivity index (χ3n) is 2.95. The molecule has 1 nitrogen and oxygen atoms in total. The molecule has 0 heterocycles. The van der Waals surface area contributed by atoms with Gasteiger partial charge in [0.1, 0.15) is 0 Å². The van der Waals surface area contributed by atoms with Gasteiger partial charge in [-0.25, -0.2) is 0 Å². The quantitative estimate of drug-likeness (QED) is 0.831. The molecule has 1 aromatic carbocycles.